The molecule has 0 atom stereocenters. The number of benzene rings is 1. The molecule has 0 aliphatic carbocycles. The molecule has 2 rings (SSSR count). The number of nitrogens with zero attached hydrogens (tertiary/aromatic N) is 2. The molecule has 0 saturated heterocycles. The van der Waals surface area contributed by atoms with Crippen LogP contribution >= 0.6 is 22.6 Å². The summed E-state index contributed by atoms with van der Waals surface area (Å²) in [4.78, 5) is 27.1. The van der Waals surface area contributed by atoms with Crippen LogP contribution in [0.1, 0.15) is 17.3 Å². The molecule has 1 amide bonds. The van der Waals surface area contributed by atoms with E-state index in [4.69, 9.17) is 0 Å². The van der Waals surface area contributed by atoms with Crippen LogP contribution in [-0.2, 0) is 0 Å². The van der Waals surface area contributed by atoms with Gasteiger partial charge in [-0.25, -0.2) is 4.98 Å². The van der Waals surface area contributed by atoms with Crippen molar-refractivity contribution in [2.45, 2.75) is 6.92 Å². The number of fused-ring (bicyclic) bond motifs is 1. The summed E-state index contributed by atoms with van der Waals surface area (Å²) >= 11 is 1.68. The number of nitrogens with one attached hydrogen (secondary N) is 1. The Morgan fingerprint density at radius 2 is 2.24 bits per heavy atom. The van der Waals surface area contributed by atoms with Crippen molar-refractivity contribution >= 4 is 43.4 Å². The molecule has 1 aromatic heterocycles. The van der Waals surface area contributed by atoms with E-state index in [2.05, 4.69) is 10.3 Å². The van der Waals surface area contributed by atoms with E-state index in [1.807, 2.05) is 6.92 Å². The molecule has 1 aromatic carbocycles. The number of amides is 1. The molecule has 17 heavy (non-hydrogen) atoms. The van der Waals surface area contributed by atoms with Crippen molar-refractivity contribution < 1.29 is 9.59 Å². The van der Waals surface area contributed by atoms with E-state index in [1.165, 1.54) is 10.9 Å². The zero-order chi connectivity index (χ0) is 12.4. The van der Waals surface area contributed by atoms with Crippen LogP contribution in [0.25, 0.3) is 11.0 Å². The van der Waals surface area contributed by atoms with E-state index in [9.17, 15) is 9.59 Å². The summed E-state index contributed by atoms with van der Waals surface area (Å²) < 4.78 is 1.26. The number of hydrogen-bond acceptors (Lipinski definition) is 3. The largest absolute Gasteiger partial charge is 0.352 e. The van der Waals surface area contributed by atoms with Gasteiger partial charge in [-0.05, 0) is 25.1 Å². The first kappa shape index (κ1) is 12.0. The lowest BCUT2D eigenvalue weighted by Gasteiger charge is -2.02. The van der Waals surface area contributed by atoms with Crippen molar-refractivity contribution in [1.29, 1.82) is 0 Å². The zero-order valence-electron chi connectivity index (χ0n) is 9.11. The van der Waals surface area contributed by atoms with Crippen LogP contribution in [0.15, 0.2) is 24.5 Å². The predicted octanol–water partition coefficient (Wildman–Crippen LogP) is 2.19. The van der Waals surface area contributed by atoms with Gasteiger partial charge in [-0.15, -0.1) is 0 Å². The van der Waals surface area contributed by atoms with Crippen LogP contribution in [0, 0.1) is 0 Å². The molecule has 0 fully saturated rings. The van der Waals surface area contributed by atoms with Crippen LogP contribution in [-0.4, -0.2) is 25.9 Å². The Morgan fingerprint density at radius 1 is 1.47 bits per heavy atom. The summed E-state index contributed by atoms with van der Waals surface area (Å²) in [6.07, 6.45) is 1.46. The number of aromatic nitrogens is 2. The molecule has 2 aromatic rings. The van der Waals surface area contributed by atoms with Crippen LogP contribution < -0.4 is 5.32 Å². The summed E-state index contributed by atoms with van der Waals surface area (Å²) in [5.41, 5.74) is 1.87. The molecule has 6 heteroatoms. The SMILES string of the molecule is CCNC(=O)c1ccc2ncn(C(=O)I)c2c1. The molecule has 0 aliphatic rings. The second kappa shape index (κ2) is 4.82. The van der Waals surface area contributed by atoms with Gasteiger partial charge >= 0.3 is 0 Å². The highest BCUT2D eigenvalue weighted by Crippen LogP contribution is 2.16. The van der Waals surface area contributed by atoms with Gasteiger partial charge in [0.05, 0.1) is 11.0 Å². The number of rotatable bonds is 2. The number of imidazole rings is 1. The molecule has 0 bridgehead atoms. The molecule has 0 aliphatic heterocycles. The number of hydrogen-bond donors (Lipinski definition) is 1. The normalized spacial score (nSPS) is 10.5. The van der Waals surface area contributed by atoms with Gasteiger partial charge in [0.1, 0.15) is 6.33 Å². The number of carbonyl (C=O) groups is 2. The zero-order valence-corrected chi connectivity index (χ0v) is 11.3. The van der Waals surface area contributed by atoms with E-state index in [0.29, 0.717) is 23.1 Å². The minimum Gasteiger partial charge on any atom is -0.352 e. The third kappa shape index (κ3) is 2.31. The lowest BCUT2D eigenvalue weighted by molar-refractivity contribution is 0.0956. The summed E-state index contributed by atoms with van der Waals surface area (Å²) in [7, 11) is 0. The van der Waals surface area contributed by atoms with Crippen molar-refractivity contribution in [2.75, 3.05) is 6.54 Å². The Bertz CT molecular complexity index is 591. The molecular formula is C11H10IN3O2. The number of halogens is 1. The van der Waals surface area contributed by atoms with Crippen LogP contribution in [0.4, 0.5) is 4.79 Å². The smallest absolute Gasteiger partial charge is 0.292 e. The molecular weight excluding hydrogens is 333 g/mol. The fourth-order valence-corrected chi connectivity index (χ4v) is 1.94. The first-order chi connectivity index (χ1) is 8.13. The second-order valence-electron chi connectivity index (χ2n) is 3.43. The molecule has 0 saturated carbocycles. The summed E-state index contributed by atoms with van der Waals surface area (Å²) in [5.74, 6) is -0.150. The fraction of sp³-hybridized carbons (Fsp3) is 0.182. The topological polar surface area (TPSA) is 64.0 Å². The van der Waals surface area contributed by atoms with E-state index < -0.39 is 0 Å². The first-order valence-corrected chi connectivity index (χ1v) is 6.16. The van der Waals surface area contributed by atoms with Crippen LogP contribution in [0.5, 0.6) is 0 Å². The highest BCUT2D eigenvalue weighted by molar-refractivity contribution is 14.1. The van der Waals surface area contributed by atoms with Gasteiger partial charge in [0, 0.05) is 34.7 Å². The van der Waals surface area contributed by atoms with Crippen LogP contribution in [0.2, 0.25) is 0 Å². The van der Waals surface area contributed by atoms with Crippen molar-refractivity contribution in [2.24, 2.45) is 0 Å². The van der Waals surface area contributed by atoms with Crippen molar-refractivity contribution in [3.8, 4) is 0 Å². The third-order valence-corrected chi connectivity index (χ3v) is 2.86. The monoisotopic (exact) mass is 343 g/mol. The molecule has 5 nitrogen and oxygen atoms in total. The Morgan fingerprint density at radius 3 is 2.88 bits per heavy atom. The summed E-state index contributed by atoms with van der Waals surface area (Å²) in [6.45, 7) is 2.43. The molecule has 0 radical (unpaired) electrons. The van der Waals surface area contributed by atoms with Gasteiger partial charge in [-0.3, -0.25) is 14.2 Å². The second-order valence-corrected chi connectivity index (χ2v) is 4.35. The van der Waals surface area contributed by atoms with E-state index in [0.717, 1.165) is 0 Å². The first-order valence-electron chi connectivity index (χ1n) is 5.08. The Balaban J connectivity index is 2.51. The molecule has 1 heterocycles. The van der Waals surface area contributed by atoms with Gasteiger partial charge in [-0.2, -0.15) is 0 Å². The Kier molecular flexibility index (Phi) is 3.41. The molecule has 88 valence electrons. The van der Waals surface area contributed by atoms with Crippen LogP contribution in [0.3, 0.4) is 0 Å². The maximum Gasteiger partial charge on any atom is 0.292 e. The quantitative estimate of drug-likeness (QED) is 0.672. The maximum absolute atomic E-state index is 11.7. The van der Waals surface area contributed by atoms with Crippen molar-refractivity contribution in [3.63, 3.8) is 0 Å². The van der Waals surface area contributed by atoms with Gasteiger partial charge in [-0.1, -0.05) is 0 Å². The minimum atomic E-state index is -0.154. The number of carbonyl (C=O) groups excluding carboxylic acids is 2. The lowest BCUT2D eigenvalue weighted by atomic mass is 10.2. The molecule has 0 spiro atoms. The highest BCUT2D eigenvalue weighted by atomic mass is 127. The standard InChI is InChI=1S/C11H10IN3O2/c1-2-13-10(16)7-3-4-8-9(5-7)15(6-14-8)11(12)17/h3-6H,2H2,1H3,(H,13,16). The maximum atomic E-state index is 11.7. The van der Waals surface area contributed by atoms with Gasteiger partial charge in [0.15, 0.2) is 0 Å². The Labute approximate surface area is 111 Å². The van der Waals surface area contributed by atoms with Gasteiger partial charge < -0.3 is 5.32 Å². The average molecular weight is 343 g/mol. The van der Waals surface area contributed by atoms with E-state index in [1.54, 1.807) is 40.8 Å². The summed E-state index contributed by atoms with van der Waals surface area (Å²) in [6, 6.07) is 5.10. The highest BCUT2D eigenvalue weighted by Gasteiger charge is 2.10. The third-order valence-electron chi connectivity index (χ3n) is 2.34. The fourth-order valence-electron chi connectivity index (χ4n) is 1.55. The van der Waals surface area contributed by atoms with E-state index in [-0.39, 0.29) is 9.82 Å². The molecule has 0 unspecified atom stereocenters. The van der Waals surface area contributed by atoms with Crippen molar-refractivity contribution in [1.82, 2.24) is 14.9 Å². The lowest BCUT2D eigenvalue weighted by Crippen LogP contribution is -2.22. The van der Waals surface area contributed by atoms with E-state index >= 15 is 0 Å². The van der Waals surface area contributed by atoms with Crippen molar-refractivity contribution in [3.05, 3.63) is 30.1 Å². The minimum absolute atomic E-state index is 0.150. The van der Waals surface area contributed by atoms with Gasteiger partial charge in [0.2, 0.25) is 0 Å². The Hall–Kier alpha value is -1.44. The average Bonchev–Trinajstić information content (AvgIpc) is 2.71. The summed E-state index contributed by atoms with van der Waals surface area (Å²) in [5, 5.41) is 2.71. The molecule has 1 N–H and O–H groups in total. The predicted molar refractivity (Wildman–Crippen MR) is 72.6 cm³/mol. The van der Waals surface area contributed by atoms with Gasteiger partial charge in [0.25, 0.3) is 9.82 Å².